The van der Waals surface area contributed by atoms with Crippen LogP contribution in [0.15, 0.2) is 24.5 Å². The Hall–Kier alpha value is -4.15. The van der Waals surface area contributed by atoms with Crippen molar-refractivity contribution >= 4 is 62.3 Å². The van der Waals surface area contributed by atoms with E-state index in [1.807, 2.05) is 59.1 Å². The van der Waals surface area contributed by atoms with Crippen molar-refractivity contribution in [3.05, 3.63) is 45.9 Å². The molecule has 2 saturated carbocycles. The molecule has 0 saturated heterocycles. The SMILES string of the molecule is CCc1nc(NCCN)cc(Nc2ncc(C3CCC3)s2)n1.CCc1nc(NCCNC(=O)OC(C)(C)C)cc(Nc2ncc(C3CCC3)s2)n1. The number of carbonyl (C=O) groups is 1. The molecule has 6 rings (SSSR count). The molecule has 4 heterocycles. The molecule has 4 aromatic heterocycles. The molecule has 0 spiro atoms. The van der Waals surface area contributed by atoms with Crippen molar-refractivity contribution in [3.8, 4) is 0 Å². The molecule has 7 N–H and O–H groups in total. The van der Waals surface area contributed by atoms with Crippen molar-refractivity contribution < 1.29 is 9.53 Å². The quantitative estimate of drug-likeness (QED) is 0.0667. The minimum Gasteiger partial charge on any atom is -0.444 e. The number of aryl methyl sites for hydroxylation is 2. The number of ether oxygens (including phenoxy) is 1. The van der Waals surface area contributed by atoms with E-state index in [2.05, 4.69) is 56.5 Å². The van der Waals surface area contributed by atoms with Crippen molar-refractivity contribution in [1.82, 2.24) is 35.2 Å². The van der Waals surface area contributed by atoms with Crippen LogP contribution in [-0.2, 0) is 17.6 Å². The monoisotopic (exact) mass is 736 g/mol. The Morgan fingerprint density at radius 1 is 0.765 bits per heavy atom. The summed E-state index contributed by atoms with van der Waals surface area (Å²) in [6, 6.07) is 3.76. The van der Waals surface area contributed by atoms with Crippen LogP contribution in [0.2, 0.25) is 0 Å². The number of thiazole rings is 2. The van der Waals surface area contributed by atoms with Crippen LogP contribution in [0.25, 0.3) is 0 Å². The Kier molecular flexibility index (Phi) is 13.7. The van der Waals surface area contributed by atoms with Crippen molar-refractivity contribution in [1.29, 1.82) is 0 Å². The van der Waals surface area contributed by atoms with Gasteiger partial charge in [-0.25, -0.2) is 34.7 Å². The van der Waals surface area contributed by atoms with E-state index in [9.17, 15) is 4.79 Å². The largest absolute Gasteiger partial charge is 0.444 e. The van der Waals surface area contributed by atoms with E-state index in [4.69, 9.17) is 10.5 Å². The summed E-state index contributed by atoms with van der Waals surface area (Å²) < 4.78 is 5.22. The van der Waals surface area contributed by atoms with Crippen LogP contribution in [0.4, 0.5) is 38.3 Å². The van der Waals surface area contributed by atoms with Crippen LogP contribution < -0.4 is 32.3 Å². The predicted molar refractivity (Wildman–Crippen MR) is 207 cm³/mol. The summed E-state index contributed by atoms with van der Waals surface area (Å²) in [5.41, 5.74) is 5.02. The van der Waals surface area contributed by atoms with Crippen LogP contribution in [-0.4, -0.2) is 67.8 Å². The fraction of sp³-hybridized carbons (Fsp3) is 0.571. The number of amides is 1. The minimum atomic E-state index is -0.505. The standard InChI is InChI=1S/C20H30N6O2S.C15H22N6S/c1-5-15-24-16(21-9-10-22-19(27)28-20(2,3)4)11-17(25-15)26-18-23-12-14(29-18)13-7-6-8-13;1-2-12-19-13(17-7-6-16)8-14(20-12)21-15-18-9-11(22-15)10-4-3-5-10/h11-13H,5-10H2,1-4H3,(H,22,27)(H2,21,23,24,25,26);8-10H,2-7,16H2,1H3,(H2,17,18,19,20,21). The van der Waals surface area contributed by atoms with E-state index < -0.39 is 11.7 Å². The van der Waals surface area contributed by atoms with E-state index in [-0.39, 0.29) is 0 Å². The highest BCUT2D eigenvalue weighted by molar-refractivity contribution is 7.16. The van der Waals surface area contributed by atoms with Gasteiger partial charge >= 0.3 is 6.09 Å². The Morgan fingerprint density at radius 2 is 1.24 bits per heavy atom. The summed E-state index contributed by atoms with van der Waals surface area (Å²) in [6.07, 6.45) is 12.8. The van der Waals surface area contributed by atoms with Gasteiger partial charge in [-0.1, -0.05) is 26.7 Å². The van der Waals surface area contributed by atoms with Gasteiger partial charge in [-0.05, 0) is 58.3 Å². The van der Waals surface area contributed by atoms with Crippen LogP contribution >= 0.6 is 22.7 Å². The molecule has 4 aromatic rings. The first-order valence-electron chi connectivity index (χ1n) is 18.0. The third kappa shape index (κ3) is 12.0. The molecule has 1 amide bonds. The van der Waals surface area contributed by atoms with Crippen LogP contribution in [0, 0.1) is 0 Å². The summed E-state index contributed by atoms with van der Waals surface area (Å²) in [5, 5.41) is 17.5. The smallest absolute Gasteiger partial charge is 0.407 e. The number of hydrogen-bond donors (Lipinski definition) is 6. The zero-order valence-corrected chi connectivity index (χ0v) is 32.0. The van der Waals surface area contributed by atoms with E-state index in [0.29, 0.717) is 49.7 Å². The number of rotatable bonds is 15. The van der Waals surface area contributed by atoms with E-state index in [1.54, 1.807) is 22.7 Å². The molecular weight excluding hydrogens is 685 g/mol. The second-order valence-electron chi connectivity index (χ2n) is 13.5. The first-order chi connectivity index (χ1) is 24.6. The number of aromatic nitrogens is 6. The maximum atomic E-state index is 11.7. The molecule has 2 aliphatic carbocycles. The van der Waals surface area contributed by atoms with Gasteiger partial charge in [0.05, 0.1) is 0 Å². The number of nitrogens with two attached hydrogens (primary N) is 1. The van der Waals surface area contributed by atoms with Gasteiger partial charge in [-0.2, -0.15) is 0 Å². The Bertz CT molecular complexity index is 1700. The molecule has 0 bridgehead atoms. The molecular formula is C35H52N12O2S2. The van der Waals surface area contributed by atoms with Gasteiger partial charge in [-0.15, -0.1) is 22.7 Å². The topological polar surface area (TPSA) is 190 Å². The number of nitrogens with zero attached hydrogens (tertiary/aromatic N) is 6. The second kappa shape index (κ2) is 18.4. The summed E-state index contributed by atoms with van der Waals surface area (Å²) in [6.45, 7) is 11.8. The highest BCUT2D eigenvalue weighted by Crippen LogP contribution is 2.41. The number of anilines is 6. The van der Waals surface area contributed by atoms with Crippen LogP contribution in [0.1, 0.15) is 106 Å². The Balaban J connectivity index is 0.000000205. The van der Waals surface area contributed by atoms with Gasteiger partial charge in [0, 0.05) is 73.3 Å². The lowest BCUT2D eigenvalue weighted by Gasteiger charge is -2.23. The molecule has 14 nitrogen and oxygen atoms in total. The van der Waals surface area contributed by atoms with Gasteiger partial charge in [-0.3, -0.25) is 0 Å². The lowest BCUT2D eigenvalue weighted by molar-refractivity contribution is 0.0530. The second-order valence-corrected chi connectivity index (χ2v) is 15.7. The fourth-order valence-electron chi connectivity index (χ4n) is 5.16. The van der Waals surface area contributed by atoms with E-state index in [0.717, 1.165) is 46.4 Å². The fourth-order valence-corrected chi connectivity index (χ4v) is 7.14. The van der Waals surface area contributed by atoms with Crippen molar-refractivity contribution in [2.45, 2.75) is 103 Å². The summed E-state index contributed by atoms with van der Waals surface area (Å²) in [5.74, 6) is 5.95. The normalized spacial score (nSPS) is 14.4. The van der Waals surface area contributed by atoms with Crippen molar-refractivity contribution in [2.75, 3.05) is 47.4 Å². The van der Waals surface area contributed by atoms with Crippen molar-refractivity contribution in [2.24, 2.45) is 5.73 Å². The van der Waals surface area contributed by atoms with Gasteiger partial charge in [0.2, 0.25) is 0 Å². The summed E-state index contributed by atoms with van der Waals surface area (Å²) >= 11 is 3.42. The van der Waals surface area contributed by atoms with Gasteiger partial charge in [0.25, 0.3) is 0 Å². The molecule has 51 heavy (non-hydrogen) atoms. The lowest BCUT2D eigenvalue weighted by Crippen LogP contribution is -2.35. The van der Waals surface area contributed by atoms with Gasteiger partial charge < -0.3 is 37.1 Å². The lowest BCUT2D eigenvalue weighted by atomic mass is 9.85. The molecule has 0 atom stereocenters. The van der Waals surface area contributed by atoms with E-state index >= 15 is 0 Å². The summed E-state index contributed by atoms with van der Waals surface area (Å²) in [7, 11) is 0. The molecule has 0 aliphatic heterocycles. The maximum Gasteiger partial charge on any atom is 0.407 e. The zero-order valence-electron chi connectivity index (χ0n) is 30.3. The average molecular weight is 737 g/mol. The molecule has 0 radical (unpaired) electrons. The zero-order chi connectivity index (χ0) is 36.2. The highest BCUT2D eigenvalue weighted by atomic mass is 32.1. The molecule has 2 fully saturated rings. The predicted octanol–water partition coefficient (Wildman–Crippen LogP) is 7.32. The third-order valence-electron chi connectivity index (χ3n) is 8.26. The minimum absolute atomic E-state index is 0.426. The van der Waals surface area contributed by atoms with Crippen molar-refractivity contribution in [3.63, 3.8) is 0 Å². The number of alkyl carbamates (subject to hydrolysis) is 1. The number of carbonyl (C=O) groups excluding carboxylic acids is 1. The molecule has 2 aliphatic rings. The molecule has 16 heteroatoms. The Morgan fingerprint density at radius 3 is 1.65 bits per heavy atom. The average Bonchev–Trinajstić information content (AvgIpc) is 3.69. The number of hydrogen-bond acceptors (Lipinski definition) is 15. The van der Waals surface area contributed by atoms with Crippen LogP contribution in [0.5, 0.6) is 0 Å². The maximum absolute atomic E-state index is 11.7. The Labute approximate surface area is 308 Å². The first kappa shape index (κ1) is 38.1. The van der Waals surface area contributed by atoms with Crippen LogP contribution in [0.3, 0.4) is 0 Å². The van der Waals surface area contributed by atoms with E-state index in [1.165, 1.54) is 48.3 Å². The van der Waals surface area contributed by atoms with Gasteiger partial charge in [0.15, 0.2) is 10.3 Å². The van der Waals surface area contributed by atoms with Gasteiger partial charge in [0.1, 0.15) is 40.5 Å². The highest BCUT2D eigenvalue weighted by Gasteiger charge is 2.23. The first-order valence-corrected chi connectivity index (χ1v) is 19.6. The molecule has 0 unspecified atom stereocenters. The molecule has 276 valence electrons. The number of nitrogens with one attached hydrogen (secondary N) is 5. The molecule has 0 aromatic carbocycles. The third-order valence-corrected chi connectivity index (χ3v) is 10.4. The summed E-state index contributed by atoms with van der Waals surface area (Å²) in [4.78, 5) is 41.4.